The molecule has 0 unspecified atom stereocenters. The molecule has 0 saturated carbocycles. The summed E-state index contributed by atoms with van der Waals surface area (Å²) >= 11 is 4.32. The molecule has 0 spiro atoms. The van der Waals surface area contributed by atoms with Crippen molar-refractivity contribution in [3.8, 4) is 0 Å². The highest BCUT2D eigenvalue weighted by Gasteiger charge is 2.11. The first-order valence-electron chi connectivity index (χ1n) is 6.73. The number of benzene rings is 2. The molecule has 2 aromatic carbocycles. The maximum atomic E-state index is 11.9. The summed E-state index contributed by atoms with van der Waals surface area (Å²) in [5.41, 5.74) is 1.45. The quantitative estimate of drug-likeness (QED) is 0.722. The van der Waals surface area contributed by atoms with E-state index in [1.165, 1.54) is 0 Å². The normalized spacial score (nSPS) is 11.1. The van der Waals surface area contributed by atoms with Crippen molar-refractivity contribution in [1.29, 1.82) is 0 Å². The number of amides is 1. The van der Waals surface area contributed by atoms with Gasteiger partial charge in [-0.3, -0.25) is 4.79 Å². The van der Waals surface area contributed by atoms with Crippen LogP contribution in [-0.2, 0) is 9.59 Å². The Kier molecular flexibility index (Phi) is 6.43. The van der Waals surface area contributed by atoms with E-state index in [-0.39, 0.29) is 16.6 Å². The number of rotatable bonds is 6. The number of carbonyl (C=O) groups excluding carboxylic acids is 1. The highest BCUT2D eigenvalue weighted by molar-refractivity contribution is 9.10. The zero-order valence-corrected chi connectivity index (χ0v) is 14.4. The van der Waals surface area contributed by atoms with Crippen LogP contribution in [0.1, 0.15) is 5.56 Å². The highest BCUT2D eigenvalue weighted by atomic mass is 79.9. The van der Waals surface area contributed by atoms with E-state index >= 15 is 0 Å². The highest BCUT2D eigenvalue weighted by Crippen LogP contribution is 2.21. The lowest BCUT2D eigenvalue weighted by atomic mass is 10.2. The molecule has 0 aliphatic heterocycles. The fourth-order valence-electron chi connectivity index (χ4n) is 1.74. The number of aliphatic carboxylic acids is 1. The van der Waals surface area contributed by atoms with E-state index in [1.807, 2.05) is 30.3 Å². The van der Waals surface area contributed by atoms with Gasteiger partial charge in [0, 0.05) is 10.2 Å². The molecular weight excluding hydrogens is 378 g/mol. The third-order valence-corrected chi connectivity index (χ3v) is 4.33. The Hall–Kier alpha value is -2.05. The van der Waals surface area contributed by atoms with E-state index in [9.17, 15) is 14.7 Å². The predicted molar refractivity (Wildman–Crippen MR) is 97.3 cm³/mol. The van der Waals surface area contributed by atoms with Crippen LogP contribution in [0.15, 0.2) is 64.0 Å². The summed E-state index contributed by atoms with van der Waals surface area (Å²) in [6.07, 6.45) is 1.55. The van der Waals surface area contributed by atoms with Crippen molar-refractivity contribution in [2.45, 2.75) is 0 Å². The number of hydrogen-bond donors (Lipinski definition) is 2. The van der Waals surface area contributed by atoms with Gasteiger partial charge in [-0.1, -0.05) is 46.3 Å². The van der Waals surface area contributed by atoms with Crippen molar-refractivity contribution in [2.75, 3.05) is 11.1 Å². The Labute approximate surface area is 146 Å². The molecule has 0 aromatic heterocycles. The van der Waals surface area contributed by atoms with Crippen LogP contribution in [0.3, 0.4) is 0 Å². The Morgan fingerprint density at radius 2 is 1.74 bits per heavy atom. The fraction of sp³-hybridized carbons (Fsp3) is 0.0588. The molecule has 0 aliphatic rings. The van der Waals surface area contributed by atoms with Crippen LogP contribution in [0.25, 0.3) is 6.08 Å². The van der Waals surface area contributed by atoms with Gasteiger partial charge in [-0.25, -0.2) is 4.79 Å². The summed E-state index contributed by atoms with van der Waals surface area (Å²) in [5.74, 6) is -1.27. The Bertz CT molecular complexity index is 714. The first-order chi connectivity index (χ1) is 11.0. The van der Waals surface area contributed by atoms with E-state index < -0.39 is 5.97 Å². The van der Waals surface area contributed by atoms with Crippen molar-refractivity contribution in [3.05, 3.63) is 69.5 Å². The molecule has 4 nitrogen and oxygen atoms in total. The van der Waals surface area contributed by atoms with Gasteiger partial charge >= 0.3 is 5.97 Å². The standard InChI is InChI=1S/C17H14BrNO3S/c18-13-8-6-12(7-9-13)10-15(17(21)22)23-11-16(20)19-14-4-2-1-3-5-14/h1-10H,11H2,(H,19,20)(H,21,22)/b15-10+. The zero-order chi connectivity index (χ0) is 16.7. The summed E-state index contributed by atoms with van der Waals surface area (Å²) in [6.45, 7) is 0. The van der Waals surface area contributed by atoms with E-state index in [0.717, 1.165) is 21.8 Å². The van der Waals surface area contributed by atoms with E-state index in [4.69, 9.17) is 0 Å². The van der Waals surface area contributed by atoms with Crippen LogP contribution in [0, 0.1) is 0 Å². The van der Waals surface area contributed by atoms with Crippen molar-refractivity contribution in [1.82, 2.24) is 0 Å². The number of thioether (sulfide) groups is 1. The minimum absolute atomic E-state index is 0.0313. The molecule has 0 radical (unpaired) electrons. The summed E-state index contributed by atoms with van der Waals surface area (Å²) in [5, 5.41) is 12.0. The molecule has 2 N–H and O–H groups in total. The maximum absolute atomic E-state index is 11.9. The molecule has 118 valence electrons. The topological polar surface area (TPSA) is 66.4 Å². The van der Waals surface area contributed by atoms with Crippen LogP contribution in [0.5, 0.6) is 0 Å². The second-order valence-corrected chi connectivity index (χ2v) is 6.50. The molecule has 2 aromatic rings. The third-order valence-electron chi connectivity index (χ3n) is 2.79. The molecular formula is C17H14BrNO3S. The fourth-order valence-corrected chi connectivity index (χ4v) is 2.70. The van der Waals surface area contributed by atoms with Crippen LogP contribution < -0.4 is 5.32 Å². The van der Waals surface area contributed by atoms with Gasteiger partial charge in [-0.15, -0.1) is 11.8 Å². The molecule has 23 heavy (non-hydrogen) atoms. The second kappa shape index (κ2) is 8.55. The van der Waals surface area contributed by atoms with E-state index in [2.05, 4.69) is 21.2 Å². The first-order valence-corrected chi connectivity index (χ1v) is 8.51. The molecule has 0 heterocycles. The summed E-state index contributed by atoms with van der Waals surface area (Å²) in [4.78, 5) is 23.3. The summed E-state index contributed by atoms with van der Waals surface area (Å²) in [7, 11) is 0. The Balaban J connectivity index is 1.98. The van der Waals surface area contributed by atoms with Crippen molar-refractivity contribution in [3.63, 3.8) is 0 Å². The number of carboxylic acids is 1. The minimum atomic E-state index is -1.05. The summed E-state index contributed by atoms with van der Waals surface area (Å²) in [6, 6.07) is 16.3. The van der Waals surface area contributed by atoms with Crippen molar-refractivity contribution >= 4 is 51.3 Å². The van der Waals surface area contributed by atoms with E-state index in [0.29, 0.717) is 5.69 Å². The number of anilines is 1. The second-order valence-electron chi connectivity index (χ2n) is 4.57. The lowest BCUT2D eigenvalue weighted by Crippen LogP contribution is -2.14. The molecule has 0 bridgehead atoms. The van der Waals surface area contributed by atoms with Gasteiger partial charge in [0.05, 0.1) is 10.7 Å². The predicted octanol–water partition coefficient (Wildman–Crippen LogP) is 4.25. The van der Waals surface area contributed by atoms with Gasteiger partial charge in [-0.2, -0.15) is 0 Å². The first kappa shape index (κ1) is 17.3. The average molecular weight is 392 g/mol. The molecule has 0 aliphatic carbocycles. The smallest absolute Gasteiger partial charge is 0.342 e. The monoisotopic (exact) mass is 391 g/mol. The number of carbonyl (C=O) groups is 2. The lowest BCUT2D eigenvalue weighted by molar-refractivity contribution is -0.131. The van der Waals surface area contributed by atoms with E-state index in [1.54, 1.807) is 30.3 Å². The van der Waals surface area contributed by atoms with Crippen LogP contribution in [0.2, 0.25) is 0 Å². The van der Waals surface area contributed by atoms with Gasteiger partial charge in [-0.05, 0) is 35.9 Å². The molecule has 6 heteroatoms. The van der Waals surface area contributed by atoms with Gasteiger partial charge in [0.15, 0.2) is 0 Å². The van der Waals surface area contributed by atoms with Gasteiger partial charge in [0.1, 0.15) is 0 Å². The largest absolute Gasteiger partial charge is 0.477 e. The molecule has 2 rings (SSSR count). The SMILES string of the molecule is O=C(CS/C(=C/c1ccc(Br)cc1)C(=O)O)Nc1ccccc1. The van der Waals surface area contributed by atoms with Gasteiger partial charge in [0.25, 0.3) is 0 Å². The average Bonchev–Trinajstić information content (AvgIpc) is 2.54. The van der Waals surface area contributed by atoms with Gasteiger partial charge < -0.3 is 10.4 Å². The molecule has 0 saturated heterocycles. The summed E-state index contributed by atoms with van der Waals surface area (Å²) < 4.78 is 0.918. The number of nitrogens with one attached hydrogen (secondary N) is 1. The molecule has 0 atom stereocenters. The van der Waals surface area contributed by atoms with Crippen LogP contribution in [0.4, 0.5) is 5.69 Å². The van der Waals surface area contributed by atoms with Crippen LogP contribution in [-0.4, -0.2) is 22.7 Å². The lowest BCUT2D eigenvalue weighted by Gasteiger charge is -2.05. The number of halogens is 1. The van der Waals surface area contributed by atoms with Gasteiger partial charge in [0.2, 0.25) is 5.91 Å². The van der Waals surface area contributed by atoms with Crippen molar-refractivity contribution in [2.24, 2.45) is 0 Å². The Morgan fingerprint density at radius 1 is 1.09 bits per heavy atom. The zero-order valence-electron chi connectivity index (χ0n) is 12.0. The number of hydrogen-bond acceptors (Lipinski definition) is 3. The number of para-hydroxylation sites is 1. The minimum Gasteiger partial charge on any atom is -0.477 e. The molecule has 0 fully saturated rings. The Morgan fingerprint density at radius 3 is 2.35 bits per heavy atom. The van der Waals surface area contributed by atoms with Crippen molar-refractivity contribution < 1.29 is 14.7 Å². The maximum Gasteiger partial charge on any atom is 0.342 e. The van der Waals surface area contributed by atoms with Crippen LogP contribution >= 0.6 is 27.7 Å². The number of carboxylic acid groups (broad SMARTS) is 1. The third kappa shape index (κ3) is 5.92. The molecule has 1 amide bonds.